The van der Waals surface area contributed by atoms with Gasteiger partial charge < -0.3 is 10.6 Å². The molecule has 0 amide bonds. The average Bonchev–Trinajstić information content (AvgIpc) is 2.60. The van der Waals surface area contributed by atoms with Gasteiger partial charge in [0.1, 0.15) is 18.0 Å². The lowest BCUT2D eigenvalue weighted by Gasteiger charge is -2.24. The highest BCUT2D eigenvalue weighted by Crippen LogP contribution is 2.27. The third-order valence-electron chi connectivity index (χ3n) is 4.11. The van der Waals surface area contributed by atoms with Gasteiger partial charge in [-0.15, -0.1) is 0 Å². The normalized spacial score (nSPS) is 23.7. The number of hydrogen-bond donors (Lipinski definition) is 2. The van der Waals surface area contributed by atoms with Gasteiger partial charge in [0, 0.05) is 18.2 Å². The lowest BCUT2D eigenvalue weighted by molar-refractivity contribution is 0.455. The van der Waals surface area contributed by atoms with Crippen molar-refractivity contribution in [3.63, 3.8) is 0 Å². The zero-order valence-corrected chi connectivity index (χ0v) is 12.4. The van der Waals surface area contributed by atoms with Gasteiger partial charge >= 0.3 is 0 Å². The molecule has 1 saturated carbocycles. The van der Waals surface area contributed by atoms with Gasteiger partial charge in [-0.05, 0) is 32.6 Å². The van der Waals surface area contributed by atoms with Crippen molar-refractivity contribution in [1.29, 1.82) is 0 Å². The summed E-state index contributed by atoms with van der Waals surface area (Å²) in [6, 6.07) is 0.547. The molecule has 1 aromatic heterocycles. The maximum absolute atomic E-state index is 4.42. The highest BCUT2D eigenvalue weighted by atomic mass is 15.1. The van der Waals surface area contributed by atoms with Crippen molar-refractivity contribution >= 4 is 11.6 Å². The minimum atomic E-state index is 0.547. The summed E-state index contributed by atoms with van der Waals surface area (Å²) >= 11 is 0. The lowest BCUT2D eigenvalue weighted by Crippen LogP contribution is -2.27. The van der Waals surface area contributed by atoms with Gasteiger partial charge in [-0.2, -0.15) is 0 Å². The van der Waals surface area contributed by atoms with Crippen LogP contribution >= 0.6 is 0 Å². The van der Waals surface area contributed by atoms with E-state index in [1.807, 2.05) is 0 Å². The second-order valence-corrected chi connectivity index (χ2v) is 5.59. The summed E-state index contributed by atoms with van der Waals surface area (Å²) < 4.78 is 0. The quantitative estimate of drug-likeness (QED) is 0.814. The second-order valence-electron chi connectivity index (χ2n) is 5.59. The lowest BCUT2D eigenvalue weighted by atomic mass is 9.97. The summed E-state index contributed by atoms with van der Waals surface area (Å²) in [6.07, 6.45) is 8.28. The first-order valence-electron chi connectivity index (χ1n) is 7.54. The van der Waals surface area contributed by atoms with Crippen molar-refractivity contribution in [2.45, 2.75) is 58.9 Å². The van der Waals surface area contributed by atoms with E-state index in [2.05, 4.69) is 41.4 Å². The zero-order valence-electron chi connectivity index (χ0n) is 12.4. The van der Waals surface area contributed by atoms with Crippen molar-refractivity contribution in [1.82, 2.24) is 9.97 Å². The minimum absolute atomic E-state index is 0.547. The second kappa shape index (κ2) is 6.73. The molecule has 4 nitrogen and oxygen atoms in total. The fourth-order valence-corrected chi connectivity index (χ4v) is 2.82. The smallest absolute Gasteiger partial charge is 0.134 e. The van der Waals surface area contributed by atoms with E-state index in [1.54, 1.807) is 6.33 Å². The van der Waals surface area contributed by atoms with E-state index < -0.39 is 0 Å². The van der Waals surface area contributed by atoms with Crippen LogP contribution in [0.15, 0.2) is 6.33 Å². The molecule has 2 rings (SSSR count). The molecule has 1 aliphatic rings. The van der Waals surface area contributed by atoms with Crippen LogP contribution in [0.1, 0.15) is 51.5 Å². The number of rotatable bonds is 4. The van der Waals surface area contributed by atoms with Gasteiger partial charge in [-0.1, -0.05) is 26.2 Å². The Kier molecular flexibility index (Phi) is 5.00. The topological polar surface area (TPSA) is 49.8 Å². The molecule has 1 aromatic rings. The van der Waals surface area contributed by atoms with Gasteiger partial charge in [0.05, 0.1) is 0 Å². The van der Waals surface area contributed by atoms with E-state index in [9.17, 15) is 0 Å². The maximum atomic E-state index is 4.42. The van der Waals surface area contributed by atoms with Crippen LogP contribution < -0.4 is 10.6 Å². The Balaban J connectivity index is 2.11. The van der Waals surface area contributed by atoms with Gasteiger partial charge in [0.25, 0.3) is 0 Å². The SMILES string of the molecule is CCNc1ncnc(NC2CCCCCC2C)c1C. The van der Waals surface area contributed by atoms with Crippen molar-refractivity contribution in [3.8, 4) is 0 Å². The molecule has 2 atom stereocenters. The molecule has 0 aromatic carbocycles. The first kappa shape index (κ1) is 14.1. The molecule has 0 saturated heterocycles. The fourth-order valence-electron chi connectivity index (χ4n) is 2.82. The predicted molar refractivity (Wildman–Crippen MR) is 80.6 cm³/mol. The molecule has 1 aliphatic carbocycles. The highest BCUT2D eigenvalue weighted by Gasteiger charge is 2.21. The molecule has 2 N–H and O–H groups in total. The fraction of sp³-hybridized carbons (Fsp3) is 0.733. The molecular weight excluding hydrogens is 236 g/mol. The Labute approximate surface area is 116 Å². The van der Waals surface area contributed by atoms with E-state index >= 15 is 0 Å². The summed E-state index contributed by atoms with van der Waals surface area (Å²) in [5.41, 5.74) is 1.13. The summed E-state index contributed by atoms with van der Waals surface area (Å²) in [4.78, 5) is 8.72. The van der Waals surface area contributed by atoms with Crippen molar-refractivity contribution in [2.75, 3.05) is 17.2 Å². The third kappa shape index (κ3) is 3.58. The number of anilines is 2. The Hall–Kier alpha value is -1.32. The van der Waals surface area contributed by atoms with Crippen LogP contribution in [0.4, 0.5) is 11.6 Å². The number of aromatic nitrogens is 2. The van der Waals surface area contributed by atoms with Gasteiger partial charge in [-0.3, -0.25) is 0 Å². The standard InChI is InChI=1S/C15H26N4/c1-4-16-14-12(3)15(18-10-17-14)19-13-9-7-5-6-8-11(13)2/h10-11,13H,4-9H2,1-3H3,(H2,16,17,18,19). The van der Waals surface area contributed by atoms with Crippen LogP contribution in [0.5, 0.6) is 0 Å². The van der Waals surface area contributed by atoms with Gasteiger partial charge in [-0.25, -0.2) is 9.97 Å². The Bertz CT molecular complexity index is 405. The summed E-state index contributed by atoms with van der Waals surface area (Å²) in [5, 5.41) is 6.93. The largest absolute Gasteiger partial charge is 0.370 e. The monoisotopic (exact) mass is 262 g/mol. The highest BCUT2D eigenvalue weighted by molar-refractivity contribution is 5.56. The summed E-state index contributed by atoms with van der Waals surface area (Å²) in [7, 11) is 0. The molecule has 19 heavy (non-hydrogen) atoms. The van der Waals surface area contributed by atoms with E-state index in [0.717, 1.165) is 29.7 Å². The first-order chi connectivity index (χ1) is 9.22. The summed E-state index contributed by atoms with van der Waals surface area (Å²) in [6.45, 7) is 7.41. The Morgan fingerprint density at radius 1 is 1.16 bits per heavy atom. The molecule has 106 valence electrons. The molecule has 1 heterocycles. The average molecular weight is 262 g/mol. The number of hydrogen-bond acceptors (Lipinski definition) is 4. The van der Waals surface area contributed by atoms with Crippen LogP contribution in [-0.4, -0.2) is 22.6 Å². The predicted octanol–water partition coefficient (Wildman–Crippen LogP) is 3.60. The zero-order chi connectivity index (χ0) is 13.7. The molecular formula is C15H26N4. The van der Waals surface area contributed by atoms with Crippen LogP contribution in [-0.2, 0) is 0 Å². The van der Waals surface area contributed by atoms with Crippen molar-refractivity contribution in [2.24, 2.45) is 5.92 Å². The molecule has 0 spiro atoms. The van der Waals surface area contributed by atoms with Crippen LogP contribution in [0.25, 0.3) is 0 Å². The Morgan fingerprint density at radius 3 is 2.68 bits per heavy atom. The van der Waals surface area contributed by atoms with Gasteiger partial charge in [0.2, 0.25) is 0 Å². The van der Waals surface area contributed by atoms with Crippen LogP contribution in [0.3, 0.4) is 0 Å². The Morgan fingerprint density at radius 2 is 1.89 bits per heavy atom. The molecule has 0 bridgehead atoms. The van der Waals surface area contributed by atoms with Crippen molar-refractivity contribution < 1.29 is 0 Å². The van der Waals surface area contributed by atoms with E-state index in [4.69, 9.17) is 0 Å². The first-order valence-corrected chi connectivity index (χ1v) is 7.54. The van der Waals surface area contributed by atoms with Crippen LogP contribution in [0, 0.1) is 12.8 Å². The molecule has 4 heteroatoms. The number of nitrogens with zero attached hydrogens (tertiary/aromatic N) is 2. The maximum Gasteiger partial charge on any atom is 0.134 e. The third-order valence-corrected chi connectivity index (χ3v) is 4.11. The van der Waals surface area contributed by atoms with E-state index in [1.165, 1.54) is 32.1 Å². The summed E-state index contributed by atoms with van der Waals surface area (Å²) in [5.74, 6) is 2.66. The molecule has 0 aliphatic heterocycles. The van der Waals surface area contributed by atoms with Crippen molar-refractivity contribution in [3.05, 3.63) is 11.9 Å². The van der Waals surface area contributed by atoms with E-state index in [-0.39, 0.29) is 0 Å². The molecule has 1 fully saturated rings. The van der Waals surface area contributed by atoms with Crippen LogP contribution in [0.2, 0.25) is 0 Å². The molecule has 0 radical (unpaired) electrons. The van der Waals surface area contributed by atoms with E-state index in [0.29, 0.717) is 6.04 Å². The van der Waals surface area contributed by atoms with Gasteiger partial charge in [0.15, 0.2) is 0 Å². The molecule has 2 unspecified atom stereocenters. The minimum Gasteiger partial charge on any atom is -0.370 e. The number of nitrogens with one attached hydrogen (secondary N) is 2.